The van der Waals surface area contributed by atoms with Crippen molar-refractivity contribution in [1.29, 1.82) is 0 Å². The van der Waals surface area contributed by atoms with Gasteiger partial charge in [-0.3, -0.25) is 0 Å². The molecule has 4 heteroatoms. The number of fused-ring (bicyclic) bond motifs is 9. The van der Waals surface area contributed by atoms with Gasteiger partial charge in [-0.25, -0.2) is 0 Å². The summed E-state index contributed by atoms with van der Waals surface area (Å²) in [6.45, 7) is 0. The van der Waals surface area contributed by atoms with E-state index in [1.165, 1.54) is 69.3 Å². The number of hydrogen-bond acceptors (Lipinski definition) is 2. The lowest BCUT2D eigenvalue weighted by Crippen LogP contribution is -2.10. The molecule has 0 amide bonds. The van der Waals surface area contributed by atoms with E-state index in [9.17, 15) is 0 Å². The molecule has 0 saturated heterocycles. The van der Waals surface area contributed by atoms with Crippen molar-refractivity contribution in [3.05, 3.63) is 212 Å². The lowest BCUT2D eigenvalue weighted by molar-refractivity contribution is 1.18. The molecule has 58 heavy (non-hydrogen) atoms. The zero-order chi connectivity index (χ0) is 38.2. The molecular formula is C54H35N3S. The lowest BCUT2D eigenvalue weighted by atomic mass is 10.0. The fraction of sp³-hybridized carbons (Fsp3) is 0. The average Bonchev–Trinajstić information content (AvgIpc) is 3.94. The number of benzene rings is 9. The number of nitrogens with zero attached hydrogens (tertiary/aromatic N) is 3. The van der Waals surface area contributed by atoms with E-state index in [0.29, 0.717) is 0 Å². The molecule has 0 fully saturated rings. The molecule has 0 bridgehead atoms. The van der Waals surface area contributed by atoms with Crippen LogP contribution in [0, 0.1) is 0 Å². The van der Waals surface area contributed by atoms with Crippen LogP contribution in [0.3, 0.4) is 0 Å². The van der Waals surface area contributed by atoms with Crippen LogP contribution in [0.4, 0.5) is 17.1 Å². The summed E-state index contributed by atoms with van der Waals surface area (Å²) in [5, 5.41) is 7.55. The van der Waals surface area contributed by atoms with Gasteiger partial charge < -0.3 is 14.0 Å². The Labute approximate surface area is 339 Å². The van der Waals surface area contributed by atoms with Crippen LogP contribution < -0.4 is 4.90 Å². The zero-order valence-electron chi connectivity index (χ0n) is 31.5. The van der Waals surface area contributed by atoms with E-state index in [4.69, 9.17) is 0 Å². The van der Waals surface area contributed by atoms with Crippen LogP contribution >= 0.6 is 11.3 Å². The van der Waals surface area contributed by atoms with Crippen molar-refractivity contribution in [3.8, 4) is 22.5 Å². The highest BCUT2D eigenvalue weighted by atomic mass is 32.1. The molecule has 12 rings (SSSR count). The molecule has 0 aliphatic carbocycles. The number of para-hydroxylation sites is 4. The van der Waals surface area contributed by atoms with Gasteiger partial charge >= 0.3 is 0 Å². The van der Waals surface area contributed by atoms with E-state index in [0.717, 1.165) is 34.0 Å². The first-order valence-electron chi connectivity index (χ1n) is 19.8. The molecule has 3 heterocycles. The topological polar surface area (TPSA) is 13.1 Å². The summed E-state index contributed by atoms with van der Waals surface area (Å²) in [6, 6.07) is 77.5. The van der Waals surface area contributed by atoms with Crippen molar-refractivity contribution in [2.75, 3.05) is 4.90 Å². The minimum absolute atomic E-state index is 1.10. The second kappa shape index (κ2) is 13.1. The summed E-state index contributed by atoms with van der Waals surface area (Å²) in [7, 11) is 0. The first kappa shape index (κ1) is 32.8. The molecule has 9 aromatic carbocycles. The Morgan fingerprint density at radius 3 is 1.50 bits per heavy atom. The van der Waals surface area contributed by atoms with Crippen molar-refractivity contribution >= 4 is 92.2 Å². The van der Waals surface area contributed by atoms with Gasteiger partial charge in [-0.15, -0.1) is 11.3 Å². The first-order valence-corrected chi connectivity index (χ1v) is 20.6. The smallest absolute Gasteiger partial charge is 0.0561 e. The largest absolute Gasteiger partial charge is 0.310 e. The van der Waals surface area contributed by atoms with Crippen molar-refractivity contribution in [2.24, 2.45) is 0 Å². The number of anilines is 3. The van der Waals surface area contributed by atoms with Gasteiger partial charge in [0.05, 0.1) is 22.1 Å². The van der Waals surface area contributed by atoms with Crippen LogP contribution in [-0.4, -0.2) is 9.13 Å². The second-order valence-corrected chi connectivity index (χ2v) is 16.1. The molecule has 0 spiro atoms. The van der Waals surface area contributed by atoms with Crippen molar-refractivity contribution < 1.29 is 0 Å². The molecular weight excluding hydrogens is 723 g/mol. The van der Waals surface area contributed by atoms with Crippen LogP contribution in [0.15, 0.2) is 212 Å². The number of aromatic nitrogens is 2. The Morgan fingerprint density at radius 2 is 0.793 bits per heavy atom. The third-order valence-electron chi connectivity index (χ3n) is 11.7. The maximum atomic E-state index is 2.43. The van der Waals surface area contributed by atoms with Gasteiger partial charge in [0.1, 0.15) is 0 Å². The summed E-state index contributed by atoms with van der Waals surface area (Å²) < 4.78 is 7.39. The van der Waals surface area contributed by atoms with Gasteiger partial charge in [-0.2, -0.15) is 0 Å². The number of thiophene rings is 1. The van der Waals surface area contributed by atoms with Crippen molar-refractivity contribution in [1.82, 2.24) is 9.13 Å². The van der Waals surface area contributed by atoms with E-state index in [1.807, 2.05) is 11.3 Å². The Morgan fingerprint density at radius 1 is 0.293 bits per heavy atom. The van der Waals surface area contributed by atoms with Gasteiger partial charge in [0.2, 0.25) is 0 Å². The fourth-order valence-electron chi connectivity index (χ4n) is 9.08. The summed E-state index contributed by atoms with van der Waals surface area (Å²) >= 11 is 1.86. The molecule has 0 N–H and O–H groups in total. The van der Waals surface area contributed by atoms with Crippen LogP contribution in [0.5, 0.6) is 0 Å². The molecule has 0 unspecified atom stereocenters. The maximum Gasteiger partial charge on any atom is 0.0561 e. The Kier molecular flexibility index (Phi) is 7.40. The molecule has 3 nitrogen and oxygen atoms in total. The van der Waals surface area contributed by atoms with E-state index in [1.54, 1.807) is 0 Å². The number of rotatable bonds is 6. The van der Waals surface area contributed by atoms with Crippen LogP contribution in [0.25, 0.3) is 86.3 Å². The molecule has 272 valence electrons. The Bertz CT molecular complexity index is 3520. The predicted molar refractivity (Wildman–Crippen MR) is 248 cm³/mol. The molecule has 0 saturated carbocycles. The van der Waals surface area contributed by atoms with Crippen molar-refractivity contribution in [2.45, 2.75) is 0 Å². The standard InChI is InChI=1S/C54H35N3S/c1-3-15-38(16-4-1)56-49-23-10-7-20-43(49)45-29-26-37(33-51(45)56)36-14-13-19-40(32-36)55(41-28-31-54-48(34-41)47-22-9-12-25-53(47)58-54)42-27-30-46-44-21-8-11-24-50(44)57(52(46)35-42)39-17-5-2-6-18-39/h1-35H. The normalized spacial score (nSPS) is 11.8. The van der Waals surface area contributed by atoms with E-state index in [-0.39, 0.29) is 0 Å². The van der Waals surface area contributed by atoms with Crippen LogP contribution in [-0.2, 0) is 0 Å². The minimum Gasteiger partial charge on any atom is -0.310 e. The highest BCUT2D eigenvalue weighted by molar-refractivity contribution is 7.25. The summed E-state index contributed by atoms with van der Waals surface area (Å²) in [6.07, 6.45) is 0. The second-order valence-electron chi connectivity index (χ2n) is 15.0. The first-order chi connectivity index (χ1) is 28.8. The molecule has 12 aromatic rings. The summed E-state index contributed by atoms with van der Waals surface area (Å²) in [5.74, 6) is 0. The summed E-state index contributed by atoms with van der Waals surface area (Å²) in [4.78, 5) is 2.43. The predicted octanol–water partition coefficient (Wildman–Crippen LogP) is 15.4. The Balaban J connectivity index is 1.08. The van der Waals surface area contributed by atoms with E-state index >= 15 is 0 Å². The van der Waals surface area contributed by atoms with Crippen LogP contribution in [0.2, 0.25) is 0 Å². The maximum absolute atomic E-state index is 2.43. The third-order valence-corrected chi connectivity index (χ3v) is 12.8. The van der Waals surface area contributed by atoms with E-state index in [2.05, 4.69) is 226 Å². The lowest BCUT2D eigenvalue weighted by Gasteiger charge is -2.26. The molecule has 3 aromatic heterocycles. The SMILES string of the molecule is c1ccc(-n2c3ccccc3c3ccc(-c4cccc(N(c5ccc6sc7ccccc7c6c5)c5ccc6c7ccccc7n(-c7ccccc7)c6c5)c4)cc32)cc1. The van der Waals surface area contributed by atoms with Gasteiger partial charge in [0, 0.05) is 70.2 Å². The van der Waals surface area contributed by atoms with Crippen molar-refractivity contribution in [3.63, 3.8) is 0 Å². The van der Waals surface area contributed by atoms with Gasteiger partial charge in [0.25, 0.3) is 0 Å². The molecule has 0 radical (unpaired) electrons. The quantitative estimate of drug-likeness (QED) is 0.165. The molecule has 0 atom stereocenters. The number of hydrogen-bond donors (Lipinski definition) is 0. The zero-order valence-corrected chi connectivity index (χ0v) is 32.3. The highest BCUT2D eigenvalue weighted by Crippen LogP contribution is 2.44. The molecule has 0 aliphatic heterocycles. The van der Waals surface area contributed by atoms with Gasteiger partial charge in [0.15, 0.2) is 0 Å². The highest BCUT2D eigenvalue weighted by Gasteiger charge is 2.20. The molecule has 0 aliphatic rings. The fourth-order valence-corrected chi connectivity index (χ4v) is 10.2. The van der Waals surface area contributed by atoms with Gasteiger partial charge in [-0.05, 0) is 102 Å². The third kappa shape index (κ3) is 5.12. The minimum atomic E-state index is 1.10. The monoisotopic (exact) mass is 757 g/mol. The Hall–Kier alpha value is -7.40. The summed E-state index contributed by atoms with van der Waals surface area (Å²) in [5.41, 5.74) is 12.7. The average molecular weight is 758 g/mol. The van der Waals surface area contributed by atoms with Gasteiger partial charge in [-0.1, -0.05) is 121 Å². The van der Waals surface area contributed by atoms with Crippen LogP contribution in [0.1, 0.15) is 0 Å². The van der Waals surface area contributed by atoms with E-state index < -0.39 is 0 Å².